The summed E-state index contributed by atoms with van der Waals surface area (Å²) < 4.78 is 41.5. The van der Waals surface area contributed by atoms with Crippen molar-refractivity contribution >= 4 is 73.9 Å². The molecule has 3 aromatic carbocycles. The van der Waals surface area contributed by atoms with Gasteiger partial charge < -0.3 is 5.32 Å². The van der Waals surface area contributed by atoms with Gasteiger partial charge in [-0.3, -0.25) is 14.4 Å². The van der Waals surface area contributed by atoms with Crippen LogP contribution in [0.5, 0.6) is 0 Å². The molecule has 0 heterocycles. The van der Waals surface area contributed by atoms with Gasteiger partial charge in [0.1, 0.15) is 27.6 Å². The van der Waals surface area contributed by atoms with E-state index in [0.717, 1.165) is 12.1 Å². The summed E-state index contributed by atoms with van der Waals surface area (Å²) in [6, 6.07) is 10.6. The molecule has 1 fully saturated rings. The number of rotatable bonds is 9. The van der Waals surface area contributed by atoms with Crippen molar-refractivity contribution in [2.45, 2.75) is 36.4 Å². The Bertz CT molecular complexity index is 1500. The first-order valence-corrected chi connectivity index (χ1v) is 13.7. The molecular weight excluding hydrogens is 642 g/mol. The molecule has 0 spiro atoms. The average molecular weight is 662 g/mol. The molecule has 1 aliphatic rings. The predicted octanol–water partition coefficient (Wildman–Crippen LogP) is 7.99. The summed E-state index contributed by atoms with van der Waals surface area (Å²) in [6.45, 7) is 1.59. The van der Waals surface area contributed by atoms with E-state index < -0.39 is 63.7 Å². The molecule has 11 heteroatoms. The summed E-state index contributed by atoms with van der Waals surface area (Å²) in [5.74, 6) is -5.20. The predicted molar refractivity (Wildman–Crippen MR) is 148 cm³/mol. The van der Waals surface area contributed by atoms with Gasteiger partial charge in [0.25, 0.3) is 0 Å². The molecule has 1 saturated carbocycles. The molecule has 39 heavy (non-hydrogen) atoms. The third-order valence-electron chi connectivity index (χ3n) is 6.56. The van der Waals surface area contributed by atoms with Gasteiger partial charge in [-0.2, -0.15) is 0 Å². The second kappa shape index (κ2) is 11.6. The lowest BCUT2D eigenvalue weighted by molar-refractivity contribution is -0.118. The van der Waals surface area contributed by atoms with Crippen LogP contribution in [0.25, 0.3) is 0 Å². The van der Waals surface area contributed by atoms with Gasteiger partial charge in [0, 0.05) is 42.0 Å². The number of nitrogens with one attached hydrogen (secondary N) is 1. The largest absolute Gasteiger partial charge is 0.326 e. The Labute approximate surface area is 245 Å². The van der Waals surface area contributed by atoms with Crippen LogP contribution < -0.4 is 5.32 Å². The molecule has 0 aliphatic heterocycles. The third kappa shape index (κ3) is 6.19. The highest BCUT2D eigenvalue weighted by atomic mass is 79.9. The highest BCUT2D eigenvalue weighted by Gasteiger charge is 2.67. The fourth-order valence-electron chi connectivity index (χ4n) is 4.35. The number of hydrogen-bond donors (Lipinski definition) is 1. The molecule has 1 amide bonds. The van der Waals surface area contributed by atoms with Crippen LogP contribution in [0.2, 0.25) is 5.02 Å². The van der Waals surface area contributed by atoms with E-state index in [2.05, 4.69) is 21.2 Å². The van der Waals surface area contributed by atoms with Gasteiger partial charge in [0.05, 0.1) is 15.4 Å². The molecule has 4 nitrogen and oxygen atoms in total. The number of halogens is 7. The Kier molecular flexibility index (Phi) is 8.81. The average Bonchev–Trinajstić information content (AvgIpc) is 3.47. The lowest BCUT2D eigenvalue weighted by atomic mass is 9.97. The number of Topliss-reactive ketones (excluding diaryl/α,β-unsaturated/α-hetero) is 2. The fourth-order valence-corrected chi connectivity index (χ4v) is 5.79. The second-order valence-corrected chi connectivity index (χ2v) is 11.9. The normalized spacial score (nSPS) is 17.5. The van der Waals surface area contributed by atoms with Crippen LogP contribution in [0.4, 0.5) is 18.9 Å². The van der Waals surface area contributed by atoms with Crippen molar-refractivity contribution in [2.24, 2.45) is 5.92 Å². The van der Waals surface area contributed by atoms with Crippen LogP contribution in [0.15, 0.2) is 53.0 Å². The van der Waals surface area contributed by atoms with Crippen molar-refractivity contribution in [1.29, 1.82) is 0 Å². The molecule has 2 atom stereocenters. The SMILES string of the molecule is CCC(=O)Cc1c(F)ccc(CC(=O)c2cc(NC(=O)[C@H]3[C@H](c4ccc(F)c(Br)c4)C3(Cl)Cl)ccc2Cl)c1F. The summed E-state index contributed by atoms with van der Waals surface area (Å²) in [5, 5.41) is 2.72. The maximum atomic E-state index is 15.0. The molecule has 3 aromatic rings. The molecule has 4 rings (SSSR count). The van der Waals surface area contributed by atoms with Crippen LogP contribution in [0.3, 0.4) is 0 Å². The standard InChI is InChI=1S/C28H20BrCl3F3NO3/c1-2-16(37)12-18-21(33)7-4-14(26(18)35)10-23(38)17-11-15(5-6-20(17)30)36-27(39)25-24(28(25,31)32)13-3-8-22(34)19(29)9-13/h3-9,11,24-25H,2,10,12H2,1H3,(H,36,39)/t24-,25+/m0/s1. The van der Waals surface area contributed by atoms with Crippen LogP contribution in [0.1, 0.15) is 46.3 Å². The maximum absolute atomic E-state index is 15.0. The minimum atomic E-state index is -1.43. The van der Waals surface area contributed by atoms with Crippen LogP contribution in [-0.2, 0) is 22.4 Å². The number of ketones is 2. The van der Waals surface area contributed by atoms with E-state index in [9.17, 15) is 27.6 Å². The van der Waals surface area contributed by atoms with E-state index in [-0.39, 0.29) is 38.5 Å². The lowest BCUT2D eigenvalue weighted by Crippen LogP contribution is -2.17. The zero-order valence-electron chi connectivity index (χ0n) is 20.3. The molecule has 0 saturated heterocycles. The molecule has 0 bridgehead atoms. The first-order chi connectivity index (χ1) is 18.3. The highest BCUT2D eigenvalue weighted by Crippen LogP contribution is 2.65. The lowest BCUT2D eigenvalue weighted by Gasteiger charge is -2.11. The first-order valence-electron chi connectivity index (χ1n) is 11.8. The van der Waals surface area contributed by atoms with E-state index in [1.807, 2.05) is 0 Å². The first kappa shape index (κ1) is 29.6. The number of anilines is 1. The van der Waals surface area contributed by atoms with E-state index in [1.54, 1.807) is 6.92 Å². The Morgan fingerprint density at radius 2 is 1.67 bits per heavy atom. The molecule has 1 aliphatic carbocycles. The summed E-state index contributed by atoms with van der Waals surface area (Å²) in [5.41, 5.74) is 0.309. The summed E-state index contributed by atoms with van der Waals surface area (Å²) in [4.78, 5) is 37.8. The molecular formula is C28H20BrCl3F3NO3. The number of carbonyl (C=O) groups is 3. The molecule has 0 unspecified atom stereocenters. The van der Waals surface area contributed by atoms with Crippen molar-refractivity contribution in [2.75, 3.05) is 5.32 Å². The number of amides is 1. The van der Waals surface area contributed by atoms with Gasteiger partial charge in [-0.25, -0.2) is 13.2 Å². The molecule has 0 radical (unpaired) electrons. The quantitative estimate of drug-likeness (QED) is 0.187. The van der Waals surface area contributed by atoms with Gasteiger partial charge in [-0.1, -0.05) is 30.7 Å². The zero-order chi connectivity index (χ0) is 28.6. The van der Waals surface area contributed by atoms with E-state index in [0.29, 0.717) is 5.56 Å². The van der Waals surface area contributed by atoms with Crippen molar-refractivity contribution in [1.82, 2.24) is 0 Å². The molecule has 0 aromatic heterocycles. The second-order valence-electron chi connectivity index (χ2n) is 9.16. The number of benzene rings is 3. The molecule has 1 N–H and O–H groups in total. The van der Waals surface area contributed by atoms with Gasteiger partial charge in [0.2, 0.25) is 5.91 Å². The number of carbonyl (C=O) groups excluding carboxylic acids is 3. The summed E-state index contributed by atoms with van der Waals surface area (Å²) >= 11 is 22.1. The van der Waals surface area contributed by atoms with Gasteiger partial charge in [-0.05, 0) is 63.5 Å². The Balaban J connectivity index is 1.52. The minimum absolute atomic E-state index is 0.00204. The van der Waals surface area contributed by atoms with Crippen LogP contribution in [-0.4, -0.2) is 21.8 Å². The van der Waals surface area contributed by atoms with E-state index in [4.69, 9.17) is 34.8 Å². The Morgan fingerprint density at radius 1 is 0.974 bits per heavy atom. The Hall–Kier alpha value is -2.39. The summed E-state index contributed by atoms with van der Waals surface area (Å²) in [7, 11) is 0. The van der Waals surface area contributed by atoms with Gasteiger partial charge >= 0.3 is 0 Å². The topological polar surface area (TPSA) is 63.2 Å². The van der Waals surface area contributed by atoms with Crippen molar-refractivity contribution in [3.05, 3.63) is 97.7 Å². The van der Waals surface area contributed by atoms with Crippen LogP contribution in [0, 0.1) is 23.4 Å². The fraction of sp³-hybridized carbons (Fsp3) is 0.250. The molecule has 204 valence electrons. The van der Waals surface area contributed by atoms with Crippen molar-refractivity contribution in [3.8, 4) is 0 Å². The van der Waals surface area contributed by atoms with Gasteiger partial charge in [-0.15, -0.1) is 23.2 Å². The van der Waals surface area contributed by atoms with Crippen molar-refractivity contribution in [3.63, 3.8) is 0 Å². The summed E-state index contributed by atoms with van der Waals surface area (Å²) in [6.07, 6.45) is -0.751. The third-order valence-corrected chi connectivity index (χ3v) is 8.44. The Morgan fingerprint density at radius 3 is 2.33 bits per heavy atom. The van der Waals surface area contributed by atoms with Gasteiger partial charge in [0.15, 0.2) is 5.78 Å². The zero-order valence-corrected chi connectivity index (χ0v) is 24.1. The monoisotopic (exact) mass is 659 g/mol. The van der Waals surface area contributed by atoms with Crippen LogP contribution >= 0.6 is 50.7 Å². The minimum Gasteiger partial charge on any atom is -0.326 e. The maximum Gasteiger partial charge on any atom is 0.231 e. The highest BCUT2D eigenvalue weighted by molar-refractivity contribution is 9.10. The number of hydrogen-bond acceptors (Lipinski definition) is 3. The smallest absolute Gasteiger partial charge is 0.231 e. The van der Waals surface area contributed by atoms with Crippen molar-refractivity contribution < 1.29 is 27.6 Å². The van der Waals surface area contributed by atoms with E-state index in [1.165, 1.54) is 36.4 Å². The van der Waals surface area contributed by atoms with E-state index >= 15 is 0 Å². The number of alkyl halides is 2.